The van der Waals surface area contributed by atoms with Gasteiger partial charge >= 0.3 is 0 Å². The van der Waals surface area contributed by atoms with Crippen molar-refractivity contribution >= 4 is 0 Å². The zero-order chi connectivity index (χ0) is 13.2. The number of nitrogens with zero attached hydrogens (tertiary/aromatic N) is 2. The lowest BCUT2D eigenvalue weighted by atomic mass is 9.76. The van der Waals surface area contributed by atoms with E-state index in [4.69, 9.17) is 5.73 Å². The fourth-order valence-electron chi connectivity index (χ4n) is 3.88. The van der Waals surface area contributed by atoms with Crippen molar-refractivity contribution < 1.29 is 0 Å². The molecule has 2 N–H and O–H groups in total. The molecule has 3 atom stereocenters. The summed E-state index contributed by atoms with van der Waals surface area (Å²) in [5.74, 6) is 0.818. The topological polar surface area (TPSA) is 32.5 Å². The summed E-state index contributed by atoms with van der Waals surface area (Å²) in [6, 6.07) is 0.725. The summed E-state index contributed by atoms with van der Waals surface area (Å²) >= 11 is 0. The number of likely N-dealkylation sites (N-methyl/N-ethyl adjacent to an activating group) is 1. The lowest BCUT2D eigenvalue weighted by molar-refractivity contribution is 0.0634. The van der Waals surface area contributed by atoms with E-state index in [-0.39, 0.29) is 5.54 Å². The highest BCUT2D eigenvalue weighted by Crippen LogP contribution is 2.31. The smallest absolute Gasteiger partial charge is 0.0285 e. The van der Waals surface area contributed by atoms with E-state index in [1.807, 2.05) is 0 Å². The maximum atomic E-state index is 6.65. The molecule has 2 rings (SSSR count). The van der Waals surface area contributed by atoms with Crippen molar-refractivity contribution in [3.63, 3.8) is 0 Å². The van der Waals surface area contributed by atoms with Gasteiger partial charge in [0.25, 0.3) is 0 Å². The summed E-state index contributed by atoms with van der Waals surface area (Å²) in [6.45, 7) is 9.37. The van der Waals surface area contributed by atoms with Gasteiger partial charge in [0.05, 0.1) is 0 Å². The molecule has 1 heterocycles. The van der Waals surface area contributed by atoms with Crippen LogP contribution in [0.25, 0.3) is 0 Å². The molecule has 0 aromatic rings. The van der Waals surface area contributed by atoms with Crippen molar-refractivity contribution in [2.24, 2.45) is 11.7 Å². The first-order valence-corrected chi connectivity index (χ1v) is 7.74. The van der Waals surface area contributed by atoms with Gasteiger partial charge in [0, 0.05) is 37.8 Å². The molecule has 1 aliphatic heterocycles. The van der Waals surface area contributed by atoms with E-state index in [0.717, 1.165) is 18.5 Å². The van der Waals surface area contributed by atoms with Crippen LogP contribution in [-0.2, 0) is 0 Å². The zero-order valence-electron chi connectivity index (χ0n) is 12.5. The van der Waals surface area contributed by atoms with E-state index < -0.39 is 0 Å². The van der Waals surface area contributed by atoms with Gasteiger partial charge in [-0.3, -0.25) is 4.90 Å². The minimum absolute atomic E-state index is 0.0892. The van der Waals surface area contributed by atoms with Gasteiger partial charge in [0.15, 0.2) is 0 Å². The lowest BCUT2D eigenvalue weighted by Gasteiger charge is -2.45. The molecule has 106 valence electrons. The van der Waals surface area contributed by atoms with E-state index >= 15 is 0 Å². The number of nitrogens with two attached hydrogens (primary N) is 1. The van der Waals surface area contributed by atoms with E-state index in [9.17, 15) is 0 Å². The van der Waals surface area contributed by atoms with Crippen LogP contribution in [-0.4, -0.2) is 54.6 Å². The van der Waals surface area contributed by atoms with Crippen molar-refractivity contribution in [2.45, 2.75) is 57.5 Å². The summed E-state index contributed by atoms with van der Waals surface area (Å²) in [5.41, 5.74) is 6.74. The first kappa shape index (κ1) is 14.3. The predicted molar refractivity (Wildman–Crippen MR) is 77.7 cm³/mol. The highest BCUT2D eigenvalue weighted by molar-refractivity contribution is 4.94. The number of piperazine rings is 1. The van der Waals surface area contributed by atoms with Crippen LogP contribution >= 0.6 is 0 Å². The summed E-state index contributed by atoms with van der Waals surface area (Å²) in [6.07, 6.45) is 6.39. The molecule has 2 aliphatic rings. The molecule has 2 fully saturated rings. The molecular weight excluding hydrogens is 222 g/mol. The standard InChI is InChI=1S/C15H31N3/c1-4-14-11-18(9-8-17(14)3)12-15(16)7-5-6-13(2)10-15/h13-14H,4-12,16H2,1-3H3. The molecule has 0 aromatic carbocycles. The number of hydrogen-bond acceptors (Lipinski definition) is 3. The van der Waals surface area contributed by atoms with E-state index in [1.165, 1.54) is 51.7 Å². The Balaban J connectivity index is 1.88. The molecular formula is C15H31N3. The average molecular weight is 253 g/mol. The van der Waals surface area contributed by atoms with Gasteiger partial charge in [0.1, 0.15) is 0 Å². The fraction of sp³-hybridized carbons (Fsp3) is 1.00. The van der Waals surface area contributed by atoms with Gasteiger partial charge in [-0.15, -0.1) is 0 Å². The zero-order valence-corrected chi connectivity index (χ0v) is 12.5. The van der Waals surface area contributed by atoms with Crippen LogP contribution in [0.5, 0.6) is 0 Å². The molecule has 3 nitrogen and oxygen atoms in total. The first-order valence-electron chi connectivity index (χ1n) is 7.74. The van der Waals surface area contributed by atoms with Crippen LogP contribution < -0.4 is 5.73 Å². The predicted octanol–water partition coefficient (Wildman–Crippen LogP) is 1.92. The molecule has 1 aliphatic carbocycles. The van der Waals surface area contributed by atoms with Gasteiger partial charge in [-0.1, -0.05) is 26.7 Å². The highest BCUT2D eigenvalue weighted by atomic mass is 15.3. The van der Waals surface area contributed by atoms with Gasteiger partial charge in [-0.2, -0.15) is 0 Å². The molecule has 0 bridgehead atoms. The highest BCUT2D eigenvalue weighted by Gasteiger charge is 2.34. The van der Waals surface area contributed by atoms with E-state index in [1.54, 1.807) is 0 Å². The van der Waals surface area contributed by atoms with Crippen molar-refractivity contribution in [1.29, 1.82) is 0 Å². The minimum Gasteiger partial charge on any atom is -0.324 e. The SMILES string of the molecule is CCC1CN(CC2(N)CCCC(C)C2)CCN1C. The van der Waals surface area contributed by atoms with Crippen LogP contribution in [0.3, 0.4) is 0 Å². The van der Waals surface area contributed by atoms with Gasteiger partial charge in [0.2, 0.25) is 0 Å². The average Bonchev–Trinajstić information content (AvgIpc) is 2.31. The molecule has 3 heteroatoms. The van der Waals surface area contributed by atoms with Crippen LogP contribution in [0, 0.1) is 5.92 Å². The summed E-state index contributed by atoms with van der Waals surface area (Å²) in [4.78, 5) is 5.12. The third kappa shape index (κ3) is 3.46. The van der Waals surface area contributed by atoms with Gasteiger partial charge < -0.3 is 10.6 Å². The Morgan fingerprint density at radius 2 is 2.11 bits per heavy atom. The molecule has 0 aromatic heterocycles. The Morgan fingerprint density at radius 3 is 2.78 bits per heavy atom. The second-order valence-corrected chi connectivity index (χ2v) is 6.84. The molecule has 1 saturated heterocycles. The van der Waals surface area contributed by atoms with E-state index in [2.05, 4.69) is 30.7 Å². The third-order valence-corrected chi connectivity index (χ3v) is 5.00. The lowest BCUT2D eigenvalue weighted by Crippen LogP contribution is -2.58. The Bertz CT molecular complexity index is 268. The minimum atomic E-state index is 0.0892. The van der Waals surface area contributed by atoms with Crippen LogP contribution in [0.4, 0.5) is 0 Å². The molecule has 0 amide bonds. The quantitative estimate of drug-likeness (QED) is 0.834. The number of rotatable bonds is 3. The summed E-state index contributed by atoms with van der Waals surface area (Å²) < 4.78 is 0. The van der Waals surface area contributed by atoms with Gasteiger partial charge in [-0.25, -0.2) is 0 Å². The molecule has 0 radical (unpaired) electrons. The Kier molecular flexibility index (Phi) is 4.68. The second-order valence-electron chi connectivity index (χ2n) is 6.84. The molecule has 1 saturated carbocycles. The normalized spacial score (nSPS) is 40.0. The Hall–Kier alpha value is -0.120. The van der Waals surface area contributed by atoms with Crippen LogP contribution in [0.2, 0.25) is 0 Å². The molecule has 18 heavy (non-hydrogen) atoms. The monoisotopic (exact) mass is 253 g/mol. The van der Waals surface area contributed by atoms with Crippen LogP contribution in [0.1, 0.15) is 46.0 Å². The third-order valence-electron chi connectivity index (χ3n) is 5.00. The Morgan fingerprint density at radius 1 is 1.33 bits per heavy atom. The Labute approximate surface area is 113 Å². The maximum absolute atomic E-state index is 6.65. The van der Waals surface area contributed by atoms with Crippen LogP contribution in [0.15, 0.2) is 0 Å². The second kappa shape index (κ2) is 5.89. The largest absolute Gasteiger partial charge is 0.324 e. The fourth-order valence-corrected chi connectivity index (χ4v) is 3.88. The van der Waals surface area contributed by atoms with Crippen molar-refractivity contribution in [3.05, 3.63) is 0 Å². The van der Waals surface area contributed by atoms with Gasteiger partial charge in [-0.05, 0) is 32.2 Å². The molecule has 0 spiro atoms. The first-order chi connectivity index (χ1) is 8.52. The number of hydrogen-bond donors (Lipinski definition) is 1. The summed E-state index contributed by atoms with van der Waals surface area (Å²) in [7, 11) is 2.26. The molecule has 3 unspecified atom stereocenters. The maximum Gasteiger partial charge on any atom is 0.0285 e. The van der Waals surface area contributed by atoms with Crippen molar-refractivity contribution in [3.8, 4) is 0 Å². The van der Waals surface area contributed by atoms with E-state index in [0.29, 0.717) is 0 Å². The van der Waals surface area contributed by atoms with Crippen molar-refractivity contribution in [1.82, 2.24) is 9.80 Å². The van der Waals surface area contributed by atoms with Crippen molar-refractivity contribution in [2.75, 3.05) is 33.2 Å². The summed E-state index contributed by atoms with van der Waals surface area (Å²) in [5, 5.41) is 0.